The summed E-state index contributed by atoms with van der Waals surface area (Å²) in [7, 11) is 3.28. The van der Waals surface area contributed by atoms with Crippen molar-refractivity contribution in [2.45, 2.75) is 19.6 Å². The average Bonchev–Trinajstić information content (AvgIpc) is 2.77. The van der Waals surface area contributed by atoms with Crippen molar-refractivity contribution in [2.75, 3.05) is 20.8 Å². The molecular formula is C24H24BrCl2NO3. The van der Waals surface area contributed by atoms with Gasteiger partial charge in [0, 0.05) is 32.2 Å². The molecule has 31 heavy (non-hydrogen) atoms. The highest BCUT2D eigenvalue weighted by atomic mass is 79.9. The third-order valence-corrected chi connectivity index (χ3v) is 6.01. The molecule has 7 heteroatoms. The molecule has 0 spiro atoms. The SMILES string of the molecule is COc1ccc(CCNCc2cc(Br)ccc2OCc2c(Cl)cccc2Cl)cc1OC. The highest BCUT2D eigenvalue weighted by molar-refractivity contribution is 9.10. The van der Waals surface area contributed by atoms with Gasteiger partial charge >= 0.3 is 0 Å². The van der Waals surface area contributed by atoms with Gasteiger partial charge in [0.15, 0.2) is 11.5 Å². The summed E-state index contributed by atoms with van der Waals surface area (Å²) in [6, 6.07) is 17.4. The Hall–Kier alpha value is -1.92. The minimum atomic E-state index is 0.304. The maximum Gasteiger partial charge on any atom is 0.160 e. The smallest absolute Gasteiger partial charge is 0.160 e. The van der Waals surface area contributed by atoms with Crippen molar-refractivity contribution in [2.24, 2.45) is 0 Å². The predicted octanol–water partition coefficient (Wildman–Crippen LogP) is 6.68. The summed E-state index contributed by atoms with van der Waals surface area (Å²) in [5.74, 6) is 2.26. The molecule has 164 valence electrons. The van der Waals surface area contributed by atoms with Crippen LogP contribution in [0.15, 0.2) is 59.1 Å². The Morgan fingerprint density at radius 1 is 0.871 bits per heavy atom. The molecule has 0 atom stereocenters. The molecule has 0 fully saturated rings. The van der Waals surface area contributed by atoms with Crippen LogP contribution in [0.25, 0.3) is 0 Å². The third kappa shape index (κ3) is 6.53. The van der Waals surface area contributed by atoms with Crippen LogP contribution in [0.2, 0.25) is 10.0 Å². The Morgan fingerprint density at radius 2 is 1.58 bits per heavy atom. The fourth-order valence-corrected chi connectivity index (χ4v) is 4.05. The molecule has 0 radical (unpaired) electrons. The molecule has 3 rings (SSSR count). The van der Waals surface area contributed by atoms with Gasteiger partial charge in [-0.2, -0.15) is 0 Å². The zero-order valence-electron chi connectivity index (χ0n) is 17.4. The maximum atomic E-state index is 6.26. The minimum absolute atomic E-state index is 0.304. The second-order valence-corrected chi connectivity index (χ2v) is 8.59. The number of ether oxygens (including phenoxy) is 3. The first-order chi connectivity index (χ1) is 15.0. The molecule has 0 aromatic heterocycles. The van der Waals surface area contributed by atoms with Crippen LogP contribution in [0.1, 0.15) is 16.7 Å². The van der Waals surface area contributed by atoms with Gasteiger partial charge in [-0.15, -0.1) is 0 Å². The molecule has 0 aliphatic heterocycles. The monoisotopic (exact) mass is 523 g/mol. The highest BCUT2D eigenvalue weighted by Crippen LogP contribution is 2.29. The van der Waals surface area contributed by atoms with Crippen molar-refractivity contribution < 1.29 is 14.2 Å². The van der Waals surface area contributed by atoms with E-state index in [1.165, 1.54) is 5.56 Å². The molecule has 0 unspecified atom stereocenters. The molecule has 0 saturated carbocycles. The molecule has 0 bridgehead atoms. The van der Waals surface area contributed by atoms with E-state index in [9.17, 15) is 0 Å². The van der Waals surface area contributed by atoms with Crippen molar-refractivity contribution in [1.82, 2.24) is 5.32 Å². The first-order valence-corrected chi connectivity index (χ1v) is 11.3. The molecule has 0 saturated heterocycles. The van der Waals surface area contributed by atoms with Gasteiger partial charge in [0.25, 0.3) is 0 Å². The van der Waals surface area contributed by atoms with Gasteiger partial charge in [0.05, 0.1) is 14.2 Å². The van der Waals surface area contributed by atoms with E-state index in [1.807, 2.05) is 54.6 Å². The lowest BCUT2D eigenvalue weighted by atomic mass is 10.1. The molecule has 0 aliphatic rings. The van der Waals surface area contributed by atoms with E-state index in [1.54, 1.807) is 14.2 Å². The maximum absolute atomic E-state index is 6.26. The molecule has 0 aliphatic carbocycles. The summed E-state index contributed by atoms with van der Waals surface area (Å²) in [6.07, 6.45) is 0.861. The van der Waals surface area contributed by atoms with Gasteiger partial charge in [-0.1, -0.05) is 51.3 Å². The van der Waals surface area contributed by atoms with Crippen LogP contribution in [-0.4, -0.2) is 20.8 Å². The largest absolute Gasteiger partial charge is 0.493 e. The lowest BCUT2D eigenvalue weighted by molar-refractivity contribution is 0.302. The average molecular weight is 525 g/mol. The van der Waals surface area contributed by atoms with Crippen LogP contribution in [0.4, 0.5) is 0 Å². The molecule has 1 N–H and O–H groups in total. The van der Waals surface area contributed by atoms with Crippen molar-refractivity contribution in [3.63, 3.8) is 0 Å². The Bertz CT molecular complexity index is 1010. The number of benzene rings is 3. The quantitative estimate of drug-likeness (QED) is 0.300. The van der Waals surface area contributed by atoms with E-state index in [4.69, 9.17) is 37.4 Å². The van der Waals surface area contributed by atoms with Crippen molar-refractivity contribution in [3.05, 3.63) is 85.8 Å². The fraction of sp³-hybridized carbons (Fsp3) is 0.250. The number of rotatable bonds is 10. The standard InChI is InChI=1S/C24H24BrCl2NO3/c1-29-23-8-6-16(12-24(23)30-2)10-11-28-14-17-13-18(25)7-9-22(17)31-15-19-20(26)4-3-5-21(19)27/h3-9,12-13,28H,10-11,14-15H2,1-2H3. The Kier molecular flexibility index (Phi) is 8.90. The summed E-state index contributed by atoms with van der Waals surface area (Å²) < 4.78 is 17.7. The number of halogens is 3. The molecule has 3 aromatic rings. The van der Waals surface area contributed by atoms with Crippen molar-refractivity contribution >= 4 is 39.1 Å². The van der Waals surface area contributed by atoms with Crippen LogP contribution in [0, 0.1) is 0 Å². The molecule has 4 nitrogen and oxygen atoms in total. The number of hydrogen-bond donors (Lipinski definition) is 1. The first kappa shape index (κ1) is 23.7. The Morgan fingerprint density at radius 3 is 2.29 bits per heavy atom. The van der Waals surface area contributed by atoms with Crippen molar-refractivity contribution in [3.8, 4) is 17.2 Å². The topological polar surface area (TPSA) is 39.7 Å². The number of nitrogens with one attached hydrogen (secondary N) is 1. The highest BCUT2D eigenvalue weighted by Gasteiger charge is 2.10. The lowest BCUT2D eigenvalue weighted by Crippen LogP contribution is -2.17. The van der Waals surface area contributed by atoms with E-state index in [0.29, 0.717) is 23.2 Å². The summed E-state index contributed by atoms with van der Waals surface area (Å²) in [4.78, 5) is 0. The third-order valence-electron chi connectivity index (χ3n) is 4.81. The zero-order valence-corrected chi connectivity index (χ0v) is 20.5. The summed E-state index contributed by atoms with van der Waals surface area (Å²) in [5.41, 5.74) is 3.00. The minimum Gasteiger partial charge on any atom is -0.493 e. The van der Waals surface area contributed by atoms with E-state index in [2.05, 4.69) is 21.2 Å². The second-order valence-electron chi connectivity index (χ2n) is 6.86. The summed E-state index contributed by atoms with van der Waals surface area (Å²) in [5, 5.41) is 4.67. The van der Waals surface area contributed by atoms with E-state index in [-0.39, 0.29) is 0 Å². The first-order valence-electron chi connectivity index (χ1n) is 9.77. The lowest BCUT2D eigenvalue weighted by Gasteiger charge is -2.14. The molecule has 3 aromatic carbocycles. The molecule has 0 heterocycles. The fourth-order valence-electron chi connectivity index (χ4n) is 3.14. The van der Waals surface area contributed by atoms with Crippen LogP contribution in [0.3, 0.4) is 0 Å². The van der Waals surface area contributed by atoms with Crippen LogP contribution >= 0.6 is 39.1 Å². The predicted molar refractivity (Wildman–Crippen MR) is 130 cm³/mol. The van der Waals surface area contributed by atoms with Gasteiger partial charge < -0.3 is 19.5 Å². The van der Waals surface area contributed by atoms with Gasteiger partial charge in [-0.05, 0) is 61.0 Å². The molecule has 0 amide bonds. The van der Waals surface area contributed by atoms with Crippen LogP contribution in [0.5, 0.6) is 17.2 Å². The Balaban J connectivity index is 1.60. The summed E-state index contributed by atoms with van der Waals surface area (Å²) >= 11 is 16.1. The van der Waals surface area contributed by atoms with Crippen LogP contribution in [-0.2, 0) is 19.6 Å². The van der Waals surface area contributed by atoms with E-state index >= 15 is 0 Å². The second kappa shape index (κ2) is 11.6. The summed E-state index contributed by atoms with van der Waals surface area (Å²) in [6.45, 7) is 1.77. The normalized spacial score (nSPS) is 10.7. The van der Waals surface area contributed by atoms with Gasteiger partial charge in [0.2, 0.25) is 0 Å². The number of hydrogen-bond acceptors (Lipinski definition) is 4. The van der Waals surface area contributed by atoms with Gasteiger partial charge in [0.1, 0.15) is 12.4 Å². The van der Waals surface area contributed by atoms with Gasteiger partial charge in [-0.25, -0.2) is 0 Å². The van der Waals surface area contributed by atoms with Crippen LogP contribution < -0.4 is 19.5 Å². The van der Waals surface area contributed by atoms with Crippen molar-refractivity contribution in [1.29, 1.82) is 0 Å². The molecular weight excluding hydrogens is 501 g/mol. The van der Waals surface area contributed by atoms with E-state index in [0.717, 1.165) is 45.8 Å². The zero-order chi connectivity index (χ0) is 22.2. The van der Waals surface area contributed by atoms with Gasteiger partial charge in [-0.3, -0.25) is 0 Å². The van der Waals surface area contributed by atoms with E-state index < -0.39 is 0 Å². The number of methoxy groups -OCH3 is 2. The Labute approximate surface area is 201 Å².